The van der Waals surface area contributed by atoms with E-state index in [9.17, 15) is 9.65 Å². The van der Waals surface area contributed by atoms with Crippen molar-refractivity contribution in [3.05, 3.63) is 94.3 Å². The van der Waals surface area contributed by atoms with Crippen molar-refractivity contribution in [1.82, 2.24) is 0 Å². The van der Waals surface area contributed by atoms with Crippen LogP contribution in [-0.4, -0.2) is 0 Å². The van der Waals surface area contributed by atoms with E-state index in [2.05, 4.69) is 39.0 Å². The molecule has 0 bridgehead atoms. The maximum absolute atomic E-state index is 14.3. The lowest BCUT2D eigenvalue weighted by atomic mass is 9.87. The van der Waals surface area contributed by atoms with E-state index in [1.54, 1.807) is 0 Å². The lowest BCUT2D eigenvalue weighted by Crippen LogP contribution is -2.10. The number of nitrogens with zero attached hydrogens (tertiary/aromatic N) is 1. The molecule has 0 radical (unpaired) electrons. The Hall–Kier alpha value is -2.83. The van der Waals surface area contributed by atoms with Gasteiger partial charge in [0.25, 0.3) is 0 Å². The molecule has 0 heterocycles. The summed E-state index contributed by atoms with van der Waals surface area (Å²) in [6, 6.07) is 21.4. The van der Waals surface area contributed by atoms with Crippen LogP contribution < -0.4 is 0 Å². The van der Waals surface area contributed by atoms with Crippen molar-refractivity contribution in [2.24, 2.45) is 0 Å². The minimum Gasteiger partial charge on any atom is -0.207 e. The lowest BCUT2D eigenvalue weighted by Gasteiger charge is -2.18. The van der Waals surface area contributed by atoms with Crippen LogP contribution in [0.25, 0.3) is 12.2 Å². The largest absolute Gasteiger partial charge is 0.207 e. The van der Waals surface area contributed by atoms with Gasteiger partial charge < -0.3 is 0 Å². The maximum atomic E-state index is 14.3. The van der Waals surface area contributed by atoms with Gasteiger partial charge >= 0.3 is 0 Å². The van der Waals surface area contributed by atoms with Crippen molar-refractivity contribution >= 4 is 23.9 Å². The number of nitriles is 1. The minimum absolute atomic E-state index is 0.0981. The highest BCUT2D eigenvalue weighted by Gasteiger charge is 2.13. The summed E-state index contributed by atoms with van der Waals surface area (Å²) >= 11 is 1.41. The van der Waals surface area contributed by atoms with Gasteiger partial charge in [-0.1, -0.05) is 86.6 Å². The van der Waals surface area contributed by atoms with Crippen LogP contribution in [0.3, 0.4) is 0 Å². The first-order valence-electron chi connectivity index (χ1n) is 9.53. The fraction of sp³-hybridized carbons (Fsp3) is 0.192. The molecule has 0 atom stereocenters. The summed E-state index contributed by atoms with van der Waals surface area (Å²) in [6.45, 7) is 8.55. The van der Waals surface area contributed by atoms with Crippen LogP contribution >= 0.6 is 11.8 Å². The zero-order valence-electron chi connectivity index (χ0n) is 17.2. The second-order valence-electron chi connectivity index (χ2n) is 8.10. The molecule has 0 saturated heterocycles. The van der Waals surface area contributed by atoms with E-state index in [4.69, 9.17) is 0 Å². The van der Waals surface area contributed by atoms with Crippen molar-refractivity contribution in [1.29, 1.82) is 5.26 Å². The Morgan fingerprint density at radius 3 is 2.17 bits per heavy atom. The van der Waals surface area contributed by atoms with E-state index in [-0.39, 0.29) is 11.2 Å². The Labute approximate surface area is 176 Å². The fourth-order valence-corrected chi connectivity index (χ4v) is 3.91. The average molecular weight is 402 g/mol. The third-order valence-electron chi connectivity index (χ3n) is 4.69. The van der Waals surface area contributed by atoms with Gasteiger partial charge in [0.1, 0.15) is 11.9 Å². The van der Waals surface area contributed by atoms with Crippen molar-refractivity contribution in [3.8, 4) is 6.07 Å². The SMILES string of the molecule is Cc1ccc(Sc2cc(F)cc(/C=C/c3ccc(C(C)(C)C)cc3)c2C#N)cc1. The highest BCUT2D eigenvalue weighted by atomic mass is 32.2. The van der Waals surface area contributed by atoms with Crippen LogP contribution in [-0.2, 0) is 5.41 Å². The van der Waals surface area contributed by atoms with E-state index < -0.39 is 0 Å². The summed E-state index contributed by atoms with van der Waals surface area (Å²) in [5.74, 6) is -0.346. The third-order valence-corrected chi connectivity index (χ3v) is 5.74. The minimum atomic E-state index is -0.346. The molecular formula is C26H24FNS. The quantitative estimate of drug-likeness (QED) is 0.420. The lowest BCUT2D eigenvalue weighted by molar-refractivity contribution is 0.590. The molecule has 0 aromatic heterocycles. The van der Waals surface area contributed by atoms with Gasteiger partial charge in [0.15, 0.2) is 0 Å². The van der Waals surface area contributed by atoms with Crippen LogP contribution in [0, 0.1) is 24.1 Å². The molecule has 29 heavy (non-hydrogen) atoms. The monoisotopic (exact) mass is 401 g/mol. The summed E-state index contributed by atoms with van der Waals surface area (Å²) in [5.41, 5.74) is 4.60. The van der Waals surface area contributed by atoms with Crippen LogP contribution in [0.5, 0.6) is 0 Å². The Morgan fingerprint density at radius 2 is 1.59 bits per heavy atom. The highest BCUT2D eigenvalue weighted by Crippen LogP contribution is 2.33. The van der Waals surface area contributed by atoms with Gasteiger partial charge in [-0.15, -0.1) is 0 Å². The molecule has 3 heteroatoms. The molecule has 0 aliphatic heterocycles. The summed E-state index contributed by atoms with van der Waals surface area (Å²) in [5, 5.41) is 9.72. The van der Waals surface area contributed by atoms with Crippen LogP contribution in [0.1, 0.15) is 48.6 Å². The summed E-state index contributed by atoms with van der Waals surface area (Å²) in [4.78, 5) is 1.60. The third kappa shape index (κ3) is 5.37. The molecule has 0 aliphatic carbocycles. The van der Waals surface area contributed by atoms with Gasteiger partial charge in [-0.05, 0) is 53.3 Å². The standard InChI is InChI=1S/C26H24FNS/c1-18-5-13-23(14-6-18)29-25-16-22(27)15-20(24(25)17-28)10-7-19-8-11-21(12-9-19)26(2,3)4/h5-16H,1-4H3/b10-7+. The van der Waals surface area contributed by atoms with Crippen LogP contribution in [0.2, 0.25) is 0 Å². The second kappa shape index (κ2) is 8.68. The highest BCUT2D eigenvalue weighted by molar-refractivity contribution is 7.99. The number of benzene rings is 3. The number of aryl methyl sites for hydroxylation is 1. The summed E-state index contributed by atoms with van der Waals surface area (Å²) < 4.78 is 14.3. The molecule has 3 aromatic rings. The fourth-order valence-electron chi connectivity index (χ4n) is 2.95. The topological polar surface area (TPSA) is 23.8 Å². The van der Waals surface area contributed by atoms with Crippen molar-refractivity contribution < 1.29 is 4.39 Å². The number of halogens is 1. The number of rotatable bonds is 4. The number of hydrogen-bond donors (Lipinski definition) is 0. The van der Waals surface area contributed by atoms with Crippen LogP contribution in [0.4, 0.5) is 4.39 Å². The number of hydrogen-bond acceptors (Lipinski definition) is 2. The molecule has 0 fully saturated rings. The van der Waals surface area contributed by atoms with Gasteiger partial charge in [0, 0.05) is 9.79 Å². The predicted octanol–water partition coefficient (Wildman–Crippen LogP) is 7.62. The predicted molar refractivity (Wildman–Crippen MR) is 120 cm³/mol. The van der Waals surface area contributed by atoms with Gasteiger partial charge in [-0.2, -0.15) is 5.26 Å². The Balaban J connectivity index is 1.91. The second-order valence-corrected chi connectivity index (χ2v) is 9.22. The maximum Gasteiger partial charge on any atom is 0.125 e. The van der Waals surface area contributed by atoms with E-state index in [1.165, 1.54) is 29.5 Å². The van der Waals surface area contributed by atoms with E-state index in [0.29, 0.717) is 16.0 Å². The molecule has 1 nitrogen and oxygen atoms in total. The molecule has 0 aliphatic rings. The van der Waals surface area contributed by atoms with E-state index in [0.717, 1.165) is 16.0 Å². The normalized spacial score (nSPS) is 11.6. The molecule has 3 aromatic carbocycles. The van der Waals surface area contributed by atoms with Gasteiger partial charge in [-0.25, -0.2) is 4.39 Å². The van der Waals surface area contributed by atoms with Crippen molar-refractivity contribution in [2.45, 2.75) is 42.9 Å². The van der Waals surface area contributed by atoms with E-state index in [1.807, 2.05) is 55.5 Å². The Morgan fingerprint density at radius 1 is 0.931 bits per heavy atom. The molecule has 0 saturated carbocycles. The molecule has 0 unspecified atom stereocenters. The molecule has 0 spiro atoms. The van der Waals surface area contributed by atoms with Crippen molar-refractivity contribution in [2.75, 3.05) is 0 Å². The van der Waals surface area contributed by atoms with Gasteiger partial charge in [0.05, 0.1) is 5.56 Å². The molecule has 0 N–H and O–H groups in total. The molecule has 0 amide bonds. The smallest absolute Gasteiger partial charge is 0.125 e. The zero-order valence-corrected chi connectivity index (χ0v) is 18.0. The van der Waals surface area contributed by atoms with Gasteiger partial charge in [-0.3, -0.25) is 0 Å². The Bertz CT molecular complexity index is 1070. The average Bonchev–Trinajstić information content (AvgIpc) is 2.67. The first-order valence-corrected chi connectivity index (χ1v) is 10.3. The van der Waals surface area contributed by atoms with Crippen molar-refractivity contribution in [3.63, 3.8) is 0 Å². The Kier molecular flexibility index (Phi) is 6.25. The molecular weight excluding hydrogens is 377 g/mol. The van der Waals surface area contributed by atoms with Gasteiger partial charge in [0.2, 0.25) is 0 Å². The molecule has 146 valence electrons. The summed E-state index contributed by atoms with van der Waals surface area (Å²) in [7, 11) is 0. The van der Waals surface area contributed by atoms with Crippen LogP contribution in [0.15, 0.2) is 70.5 Å². The van der Waals surface area contributed by atoms with E-state index >= 15 is 0 Å². The molecule has 3 rings (SSSR count). The first-order chi connectivity index (χ1) is 13.8. The zero-order chi connectivity index (χ0) is 21.0. The first kappa shape index (κ1) is 20.9. The summed E-state index contributed by atoms with van der Waals surface area (Å²) in [6.07, 6.45) is 3.73.